The van der Waals surface area contributed by atoms with Crippen molar-refractivity contribution in [2.45, 2.75) is 13.5 Å². The Balaban J connectivity index is 1.78. The average Bonchev–Trinajstić information content (AvgIpc) is 2.73. The Morgan fingerprint density at radius 1 is 1.07 bits per heavy atom. The van der Waals surface area contributed by atoms with Gasteiger partial charge in [0, 0.05) is 6.21 Å². The highest BCUT2D eigenvalue weighted by Gasteiger charge is 2.13. The van der Waals surface area contributed by atoms with Crippen LogP contribution in [0.25, 0.3) is 0 Å². The number of benzene rings is 3. The zero-order valence-corrected chi connectivity index (χ0v) is 16.6. The summed E-state index contributed by atoms with van der Waals surface area (Å²) in [5, 5.41) is 9.39. The second kappa shape index (κ2) is 9.75. The number of carboxylic acid groups (broad SMARTS) is 1. The molecular formula is C23H20ClNO4. The van der Waals surface area contributed by atoms with Crippen molar-refractivity contribution in [3.63, 3.8) is 0 Å². The third-order valence-electron chi connectivity index (χ3n) is 4.03. The van der Waals surface area contributed by atoms with Gasteiger partial charge < -0.3 is 14.6 Å². The number of nitrogens with zero attached hydrogens (tertiary/aromatic N) is 1. The maximum absolute atomic E-state index is 11.0. The van der Waals surface area contributed by atoms with E-state index in [1.165, 1.54) is 12.1 Å². The molecule has 0 atom stereocenters. The molecule has 29 heavy (non-hydrogen) atoms. The summed E-state index contributed by atoms with van der Waals surface area (Å²) >= 11 is 6.44. The Bertz CT molecular complexity index is 1000. The van der Waals surface area contributed by atoms with Gasteiger partial charge in [0.1, 0.15) is 6.61 Å². The molecule has 0 amide bonds. The fourth-order valence-electron chi connectivity index (χ4n) is 2.63. The second-order valence-electron chi connectivity index (χ2n) is 6.15. The highest BCUT2D eigenvalue weighted by molar-refractivity contribution is 6.32. The zero-order chi connectivity index (χ0) is 20.6. The molecular weight excluding hydrogens is 390 g/mol. The lowest BCUT2D eigenvalue weighted by Gasteiger charge is -2.14. The summed E-state index contributed by atoms with van der Waals surface area (Å²) in [6.45, 7) is 2.57. The molecule has 0 fully saturated rings. The van der Waals surface area contributed by atoms with Crippen LogP contribution < -0.4 is 9.47 Å². The number of para-hydroxylation sites is 1. The maximum Gasteiger partial charge on any atom is 0.335 e. The second-order valence-corrected chi connectivity index (χ2v) is 6.55. The number of rotatable bonds is 8. The molecule has 0 saturated carbocycles. The topological polar surface area (TPSA) is 68.1 Å². The highest BCUT2D eigenvalue weighted by atomic mass is 35.5. The Labute approximate surface area is 174 Å². The van der Waals surface area contributed by atoms with Crippen LogP contribution >= 0.6 is 11.6 Å². The van der Waals surface area contributed by atoms with Gasteiger partial charge in [-0.1, -0.05) is 41.9 Å². The van der Waals surface area contributed by atoms with Gasteiger partial charge in [0.05, 0.1) is 22.9 Å². The minimum atomic E-state index is -0.966. The predicted molar refractivity (Wildman–Crippen MR) is 114 cm³/mol. The van der Waals surface area contributed by atoms with E-state index in [0.29, 0.717) is 23.1 Å². The first-order chi connectivity index (χ1) is 14.1. The van der Waals surface area contributed by atoms with Gasteiger partial charge in [0.15, 0.2) is 11.5 Å². The number of carbonyl (C=O) groups is 1. The van der Waals surface area contributed by atoms with Crippen LogP contribution in [0.1, 0.15) is 28.4 Å². The number of halogens is 1. The molecule has 0 aromatic heterocycles. The molecule has 0 heterocycles. The van der Waals surface area contributed by atoms with Gasteiger partial charge in [0.25, 0.3) is 0 Å². The lowest BCUT2D eigenvalue weighted by molar-refractivity contribution is 0.0697. The van der Waals surface area contributed by atoms with Gasteiger partial charge in [-0.15, -0.1) is 0 Å². The Kier molecular flexibility index (Phi) is 6.87. The molecule has 0 bridgehead atoms. The van der Waals surface area contributed by atoms with Crippen LogP contribution in [0.15, 0.2) is 71.7 Å². The first-order valence-corrected chi connectivity index (χ1v) is 9.45. The molecule has 0 radical (unpaired) electrons. The molecule has 3 rings (SSSR count). The molecule has 3 aromatic carbocycles. The van der Waals surface area contributed by atoms with E-state index < -0.39 is 5.97 Å². The van der Waals surface area contributed by atoms with Crippen LogP contribution in [-0.2, 0) is 6.61 Å². The van der Waals surface area contributed by atoms with Gasteiger partial charge in [0.2, 0.25) is 0 Å². The van der Waals surface area contributed by atoms with Gasteiger partial charge >= 0.3 is 5.97 Å². The summed E-state index contributed by atoms with van der Waals surface area (Å²) in [7, 11) is 0. The summed E-state index contributed by atoms with van der Waals surface area (Å²) in [4.78, 5) is 15.4. The van der Waals surface area contributed by atoms with Crippen molar-refractivity contribution in [3.05, 3.63) is 88.4 Å². The van der Waals surface area contributed by atoms with Gasteiger partial charge in [-0.2, -0.15) is 0 Å². The fraction of sp³-hybridized carbons (Fsp3) is 0.130. The maximum atomic E-state index is 11.0. The normalized spacial score (nSPS) is 10.8. The number of hydrogen-bond acceptors (Lipinski definition) is 4. The van der Waals surface area contributed by atoms with E-state index in [2.05, 4.69) is 4.99 Å². The fourth-order valence-corrected chi connectivity index (χ4v) is 2.90. The van der Waals surface area contributed by atoms with Gasteiger partial charge in [-0.25, -0.2) is 4.79 Å². The van der Waals surface area contributed by atoms with E-state index in [4.69, 9.17) is 26.2 Å². The Morgan fingerprint density at radius 2 is 1.79 bits per heavy atom. The average molecular weight is 410 g/mol. The van der Waals surface area contributed by atoms with Crippen LogP contribution in [0.3, 0.4) is 0 Å². The molecule has 0 aliphatic carbocycles. The summed E-state index contributed by atoms with van der Waals surface area (Å²) < 4.78 is 11.6. The van der Waals surface area contributed by atoms with E-state index >= 15 is 0 Å². The van der Waals surface area contributed by atoms with Crippen molar-refractivity contribution >= 4 is 29.5 Å². The van der Waals surface area contributed by atoms with E-state index in [-0.39, 0.29) is 12.2 Å². The first kappa shape index (κ1) is 20.4. The number of aliphatic imine (C=N–C) groups is 1. The van der Waals surface area contributed by atoms with E-state index in [9.17, 15) is 4.79 Å². The third-order valence-corrected chi connectivity index (χ3v) is 4.32. The summed E-state index contributed by atoms with van der Waals surface area (Å²) in [5.41, 5.74) is 2.68. The van der Waals surface area contributed by atoms with Gasteiger partial charge in [-0.3, -0.25) is 4.99 Å². The smallest absolute Gasteiger partial charge is 0.335 e. The van der Waals surface area contributed by atoms with Crippen LogP contribution in [-0.4, -0.2) is 23.9 Å². The summed E-state index contributed by atoms with van der Waals surface area (Å²) in [6, 6.07) is 19.7. The molecule has 0 spiro atoms. The number of hydrogen-bond donors (Lipinski definition) is 1. The minimum absolute atomic E-state index is 0.226. The van der Waals surface area contributed by atoms with Crippen LogP contribution in [0, 0.1) is 0 Å². The predicted octanol–water partition coefficient (Wildman–Crippen LogP) is 5.77. The molecule has 0 unspecified atom stereocenters. The zero-order valence-electron chi connectivity index (χ0n) is 15.8. The van der Waals surface area contributed by atoms with Crippen molar-refractivity contribution in [1.82, 2.24) is 0 Å². The summed E-state index contributed by atoms with van der Waals surface area (Å²) in [5.74, 6) is -0.00347. The van der Waals surface area contributed by atoms with Crippen molar-refractivity contribution in [3.8, 4) is 11.5 Å². The number of aromatic carboxylic acids is 1. The highest BCUT2D eigenvalue weighted by Crippen LogP contribution is 2.37. The molecule has 6 heteroatoms. The van der Waals surface area contributed by atoms with Crippen LogP contribution in [0.5, 0.6) is 11.5 Å². The van der Waals surface area contributed by atoms with E-state index in [1.807, 2.05) is 43.3 Å². The van der Waals surface area contributed by atoms with Gasteiger partial charge in [-0.05, 0) is 54.4 Å². The summed E-state index contributed by atoms with van der Waals surface area (Å²) in [6.07, 6.45) is 1.72. The van der Waals surface area contributed by atoms with Crippen molar-refractivity contribution in [2.75, 3.05) is 6.61 Å². The SMILES string of the molecule is CCOc1cc(C=Nc2ccccc2)cc(Cl)c1OCc1ccc(C(=O)O)cc1. The molecule has 0 aliphatic rings. The Morgan fingerprint density at radius 3 is 2.45 bits per heavy atom. The standard InChI is InChI=1S/C23H20ClNO4/c1-2-28-21-13-17(14-25-19-6-4-3-5-7-19)12-20(24)22(21)29-15-16-8-10-18(11-9-16)23(26)27/h3-14H,2,15H2,1H3,(H,26,27). The quantitative estimate of drug-likeness (QED) is 0.480. The molecule has 148 valence electrons. The molecule has 1 N–H and O–H groups in total. The monoisotopic (exact) mass is 409 g/mol. The lowest BCUT2D eigenvalue weighted by atomic mass is 10.1. The minimum Gasteiger partial charge on any atom is -0.490 e. The van der Waals surface area contributed by atoms with Crippen LogP contribution in [0.2, 0.25) is 5.02 Å². The van der Waals surface area contributed by atoms with Crippen molar-refractivity contribution in [1.29, 1.82) is 0 Å². The first-order valence-electron chi connectivity index (χ1n) is 9.07. The molecule has 0 saturated heterocycles. The van der Waals surface area contributed by atoms with E-state index in [0.717, 1.165) is 16.8 Å². The number of ether oxygens (including phenoxy) is 2. The molecule has 3 aromatic rings. The van der Waals surface area contributed by atoms with Crippen molar-refractivity contribution < 1.29 is 19.4 Å². The lowest BCUT2D eigenvalue weighted by Crippen LogP contribution is -2.02. The number of carboxylic acids is 1. The largest absolute Gasteiger partial charge is 0.490 e. The Hall–Kier alpha value is -3.31. The van der Waals surface area contributed by atoms with Crippen LogP contribution in [0.4, 0.5) is 5.69 Å². The van der Waals surface area contributed by atoms with Crippen molar-refractivity contribution in [2.24, 2.45) is 4.99 Å². The third kappa shape index (κ3) is 5.59. The van der Waals surface area contributed by atoms with E-state index in [1.54, 1.807) is 24.4 Å². The molecule has 5 nitrogen and oxygen atoms in total. The molecule has 0 aliphatic heterocycles.